The van der Waals surface area contributed by atoms with Gasteiger partial charge in [0.1, 0.15) is 0 Å². The normalized spacial score (nSPS) is 17.1. The fourth-order valence-electron chi connectivity index (χ4n) is 3.76. The fourth-order valence-corrected chi connectivity index (χ4v) is 4.12. The number of nitrogens with one attached hydrogen (secondary N) is 1. The minimum absolute atomic E-state index is 0.0387. The standard InChI is InChI=1S/C21H27N3O5S/c1-15-13-23(14-17-5-4-6-19(28-2)20(17)29-3)11-12-24(15)21(25)16-7-9-18(10-8-16)22-30(26)27/h4-10,15,30H,11-14H2,1-3H3,(H,22,26,27)/t15-/m1/s1. The summed E-state index contributed by atoms with van der Waals surface area (Å²) in [5, 5.41) is 0. The highest BCUT2D eigenvalue weighted by Gasteiger charge is 2.28. The Bertz CT molecular complexity index is 954. The van der Waals surface area contributed by atoms with Gasteiger partial charge in [0.2, 0.25) is 10.9 Å². The number of anilines is 1. The van der Waals surface area contributed by atoms with Crippen LogP contribution in [0.5, 0.6) is 11.5 Å². The van der Waals surface area contributed by atoms with Gasteiger partial charge in [-0.05, 0) is 37.3 Å². The summed E-state index contributed by atoms with van der Waals surface area (Å²) in [7, 11) is 0.536. The summed E-state index contributed by atoms with van der Waals surface area (Å²) in [5.41, 5.74) is 2.02. The Morgan fingerprint density at radius 2 is 1.83 bits per heavy atom. The van der Waals surface area contributed by atoms with Crippen LogP contribution in [0.2, 0.25) is 0 Å². The second-order valence-corrected chi connectivity index (χ2v) is 7.92. The molecule has 2 aromatic rings. The van der Waals surface area contributed by atoms with Gasteiger partial charge in [-0.25, -0.2) is 8.42 Å². The molecule has 1 aliphatic rings. The van der Waals surface area contributed by atoms with E-state index in [1.54, 1.807) is 38.5 Å². The molecule has 1 amide bonds. The number of rotatable bonds is 7. The van der Waals surface area contributed by atoms with Crippen molar-refractivity contribution in [3.05, 3.63) is 53.6 Å². The number of amides is 1. The van der Waals surface area contributed by atoms with Gasteiger partial charge in [-0.2, -0.15) is 0 Å². The molecule has 0 bridgehead atoms. The molecule has 162 valence electrons. The molecular formula is C21H27N3O5S. The first-order valence-electron chi connectivity index (χ1n) is 9.67. The summed E-state index contributed by atoms with van der Waals surface area (Å²) in [6, 6.07) is 12.3. The summed E-state index contributed by atoms with van der Waals surface area (Å²) in [6.07, 6.45) is 0. The first-order valence-corrected chi connectivity index (χ1v) is 10.8. The average molecular weight is 434 g/mol. The minimum Gasteiger partial charge on any atom is -0.493 e. The second-order valence-electron chi connectivity index (χ2n) is 7.18. The van der Waals surface area contributed by atoms with Gasteiger partial charge in [-0.15, -0.1) is 0 Å². The molecule has 0 saturated carbocycles. The third kappa shape index (κ3) is 5.03. The van der Waals surface area contributed by atoms with E-state index in [2.05, 4.69) is 9.62 Å². The van der Waals surface area contributed by atoms with E-state index < -0.39 is 10.9 Å². The maximum atomic E-state index is 12.9. The molecule has 9 heteroatoms. The van der Waals surface area contributed by atoms with E-state index in [1.165, 1.54) is 0 Å². The molecule has 3 rings (SSSR count). The molecule has 1 saturated heterocycles. The van der Waals surface area contributed by atoms with Gasteiger partial charge in [-0.3, -0.25) is 14.4 Å². The van der Waals surface area contributed by atoms with Crippen LogP contribution in [0.4, 0.5) is 5.69 Å². The molecule has 30 heavy (non-hydrogen) atoms. The van der Waals surface area contributed by atoms with Gasteiger partial charge in [-0.1, -0.05) is 12.1 Å². The Balaban J connectivity index is 1.64. The van der Waals surface area contributed by atoms with Gasteiger partial charge >= 0.3 is 0 Å². The topological polar surface area (TPSA) is 88.2 Å². The maximum Gasteiger partial charge on any atom is 0.254 e. The van der Waals surface area contributed by atoms with E-state index in [4.69, 9.17) is 9.47 Å². The zero-order chi connectivity index (χ0) is 21.7. The van der Waals surface area contributed by atoms with Crippen LogP contribution in [0.1, 0.15) is 22.8 Å². The van der Waals surface area contributed by atoms with Crippen LogP contribution in [0.25, 0.3) is 0 Å². The van der Waals surface area contributed by atoms with Gasteiger partial charge in [0, 0.05) is 49.0 Å². The molecule has 1 N–H and O–H groups in total. The Hall–Kier alpha value is -2.78. The lowest BCUT2D eigenvalue weighted by Gasteiger charge is -2.40. The number of hydrogen-bond donors (Lipinski definition) is 2. The zero-order valence-corrected chi connectivity index (χ0v) is 18.2. The molecule has 0 radical (unpaired) electrons. The highest BCUT2D eigenvalue weighted by molar-refractivity contribution is 7.73. The number of piperazine rings is 1. The van der Waals surface area contributed by atoms with Crippen molar-refractivity contribution in [2.45, 2.75) is 19.5 Å². The largest absolute Gasteiger partial charge is 0.493 e. The first kappa shape index (κ1) is 21.9. The number of nitrogens with zero attached hydrogens (tertiary/aromatic N) is 2. The predicted molar refractivity (Wildman–Crippen MR) is 116 cm³/mol. The zero-order valence-electron chi connectivity index (χ0n) is 17.3. The number of benzene rings is 2. The molecule has 8 nitrogen and oxygen atoms in total. The SMILES string of the molecule is COc1cccc(CN2CCN(C(=O)c3ccc(N[SH](=O)=O)cc3)[C@H](C)C2)c1OC. The van der Waals surface area contributed by atoms with Crippen molar-refractivity contribution in [2.24, 2.45) is 0 Å². The predicted octanol–water partition coefficient (Wildman–Crippen LogP) is 1.99. The van der Waals surface area contributed by atoms with Crippen molar-refractivity contribution in [1.29, 1.82) is 0 Å². The first-order chi connectivity index (χ1) is 14.4. The number of hydrogen-bond acceptors (Lipinski definition) is 6. The highest BCUT2D eigenvalue weighted by atomic mass is 32.2. The molecule has 1 heterocycles. The Labute approximate surface area is 178 Å². The molecule has 0 aromatic heterocycles. The molecule has 1 aliphatic heterocycles. The van der Waals surface area contributed by atoms with Crippen LogP contribution in [0.15, 0.2) is 42.5 Å². The molecule has 0 unspecified atom stereocenters. The lowest BCUT2D eigenvalue weighted by atomic mass is 10.1. The minimum atomic E-state index is -2.72. The molecule has 1 atom stereocenters. The number of para-hydroxylation sites is 1. The lowest BCUT2D eigenvalue weighted by molar-refractivity contribution is 0.0474. The van der Waals surface area contributed by atoms with Gasteiger partial charge in [0.25, 0.3) is 5.91 Å². The van der Waals surface area contributed by atoms with Crippen LogP contribution >= 0.6 is 0 Å². The Morgan fingerprint density at radius 1 is 1.10 bits per heavy atom. The van der Waals surface area contributed by atoms with Gasteiger partial charge < -0.3 is 14.4 Å². The maximum absolute atomic E-state index is 12.9. The van der Waals surface area contributed by atoms with Crippen LogP contribution in [-0.2, 0) is 17.4 Å². The van der Waals surface area contributed by atoms with E-state index in [1.807, 2.05) is 30.0 Å². The fraction of sp³-hybridized carbons (Fsp3) is 0.381. The third-order valence-electron chi connectivity index (χ3n) is 5.20. The number of thiol groups is 1. The molecule has 0 spiro atoms. The van der Waals surface area contributed by atoms with E-state index in [0.717, 1.165) is 24.4 Å². The summed E-state index contributed by atoms with van der Waals surface area (Å²) < 4.78 is 34.7. The van der Waals surface area contributed by atoms with E-state index in [0.29, 0.717) is 30.1 Å². The summed E-state index contributed by atoms with van der Waals surface area (Å²) in [5.74, 6) is 1.38. The molecular weight excluding hydrogens is 406 g/mol. The van der Waals surface area contributed by atoms with Crippen molar-refractivity contribution in [2.75, 3.05) is 38.6 Å². The number of carbonyl (C=O) groups is 1. The Kier molecular flexibility index (Phi) is 7.17. The lowest BCUT2D eigenvalue weighted by Crippen LogP contribution is -2.53. The van der Waals surface area contributed by atoms with Crippen molar-refractivity contribution >= 4 is 22.5 Å². The quantitative estimate of drug-likeness (QED) is 0.650. The third-order valence-corrected chi connectivity index (χ3v) is 5.64. The summed E-state index contributed by atoms with van der Waals surface area (Å²) >= 11 is 0. The van der Waals surface area contributed by atoms with Crippen molar-refractivity contribution in [1.82, 2.24) is 9.80 Å². The van der Waals surface area contributed by atoms with Crippen LogP contribution < -0.4 is 14.2 Å². The second kappa shape index (κ2) is 9.82. The van der Waals surface area contributed by atoms with Crippen molar-refractivity contribution in [3.63, 3.8) is 0 Å². The van der Waals surface area contributed by atoms with Crippen LogP contribution in [0.3, 0.4) is 0 Å². The summed E-state index contributed by atoms with van der Waals surface area (Å²) in [6.45, 7) is 4.83. The summed E-state index contributed by atoms with van der Waals surface area (Å²) in [4.78, 5) is 17.1. The van der Waals surface area contributed by atoms with Crippen LogP contribution in [-0.4, -0.2) is 64.0 Å². The monoisotopic (exact) mass is 433 g/mol. The molecule has 1 fully saturated rings. The van der Waals surface area contributed by atoms with Gasteiger partial charge in [0.15, 0.2) is 11.5 Å². The number of ether oxygens (including phenoxy) is 2. The average Bonchev–Trinajstić information content (AvgIpc) is 2.73. The smallest absolute Gasteiger partial charge is 0.254 e. The molecule has 2 aromatic carbocycles. The van der Waals surface area contributed by atoms with E-state index in [9.17, 15) is 13.2 Å². The highest BCUT2D eigenvalue weighted by Crippen LogP contribution is 2.32. The van der Waals surface area contributed by atoms with Crippen molar-refractivity contribution in [3.8, 4) is 11.5 Å². The Morgan fingerprint density at radius 3 is 2.43 bits per heavy atom. The number of methoxy groups -OCH3 is 2. The van der Waals surface area contributed by atoms with Crippen molar-refractivity contribution < 1.29 is 22.7 Å². The van der Waals surface area contributed by atoms with Gasteiger partial charge in [0.05, 0.1) is 14.2 Å². The van der Waals surface area contributed by atoms with Crippen LogP contribution in [0, 0.1) is 0 Å². The van der Waals surface area contributed by atoms with E-state index in [-0.39, 0.29) is 11.9 Å². The molecule has 0 aliphatic carbocycles. The number of carbonyl (C=O) groups excluding carboxylic acids is 1. The van der Waals surface area contributed by atoms with E-state index >= 15 is 0 Å².